The molecule has 0 saturated carbocycles. The van der Waals surface area contributed by atoms with E-state index in [2.05, 4.69) is 12.2 Å². The van der Waals surface area contributed by atoms with Crippen LogP contribution in [0, 0.1) is 5.82 Å². The Hall–Kier alpha value is -0.250. The summed E-state index contributed by atoms with van der Waals surface area (Å²) >= 11 is 7.99. The van der Waals surface area contributed by atoms with Crippen LogP contribution in [0.2, 0.25) is 5.02 Å². The minimum Gasteiger partial charge on any atom is -0.306 e. The van der Waals surface area contributed by atoms with Gasteiger partial charge in [-0.15, -0.1) is 0 Å². The van der Waals surface area contributed by atoms with Crippen molar-refractivity contribution in [2.24, 2.45) is 0 Å². The van der Waals surface area contributed by atoms with E-state index in [1.54, 1.807) is 6.07 Å². The van der Waals surface area contributed by atoms with E-state index in [0.29, 0.717) is 11.1 Å². The van der Waals surface area contributed by atoms with Gasteiger partial charge in [0.15, 0.2) is 0 Å². The van der Waals surface area contributed by atoms with Crippen molar-refractivity contribution in [1.29, 1.82) is 0 Å². The molecule has 2 atom stereocenters. The first-order valence-electron chi connectivity index (χ1n) is 5.49. The normalized spacial score (nSPS) is 25.7. The van der Waals surface area contributed by atoms with Crippen LogP contribution in [0.25, 0.3) is 0 Å². The van der Waals surface area contributed by atoms with Gasteiger partial charge in [0.1, 0.15) is 5.82 Å². The Balaban J connectivity index is 2.16. The quantitative estimate of drug-likeness (QED) is 0.870. The first-order valence-corrected chi connectivity index (χ1v) is 7.02. The van der Waals surface area contributed by atoms with Gasteiger partial charge in [0.05, 0.1) is 0 Å². The second-order valence-corrected chi connectivity index (χ2v) is 5.51. The number of halogens is 2. The molecular weight excluding hydrogens is 245 g/mol. The molecule has 1 heterocycles. The summed E-state index contributed by atoms with van der Waals surface area (Å²) in [5, 5.41) is 4.07. The highest BCUT2D eigenvalue weighted by molar-refractivity contribution is 7.99. The van der Waals surface area contributed by atoms with Crippen molar-refractivity contribution in [3.8, 4) is 0 Å². The number of benzene rings is 1. The Labute approximate surface area is 105 Å². The third-order valence-corrected chi connectivity index (χ3v) is 4.41. The first kappa shape index (κ1) is 12.2. The molecule has 2 unspecified atom stereocenters. The lowest BCUT2D eigenvalue weighted by Gasteiger charge is -2.30. The van der Waals surface area contributed by atoms with Crippen LogP contribution < -0.4 is 5.32 Å². The average Bonchev–Trinajstić information content (AvgIpc) is 2.29. The molecule has 0 amide bonds. The van der Waals surface area contributed by atoms with Crippen LogP contribution in [0.15, 0.2) is 18.2 Å². The lowest BCUT2D eigenvalue weighted by molar-refractivity contribution is 0.466. The molecule has 0 radical (unpaired) electrons. The molecular formula is C12H15ClFNS. The molecule has 0 aliphatic carbocycles. The number of hydrogen-bond acceptors (Lipinski definition) is 2. The van der Waals surface area contributed by atoms with Gasteiger partial charge in [-0.1, -0.05) is 24.6 Å². The van der Waals surface area contributed by atoms with Gasteiger partial charge in [-0.05, 0) is 24.1 Å². The molecule has 88 valence electrons. The smallest absolute Gasteiger partial charge is 0.124 e. The van der Waals surface area contributed by atoms with Crippen LogP contribution >= 0.6 is 23.4 Å². The summed E-state index contributed by atoms with van der Waals surface area (Å²) in [6, 6.07) is 5.43. The zero-order valence-electron chi connectivity index (χ0n) is 9.17. The molecule has 1 N–H and O–H groups in total. The summed E-state index contributed by atoms with van der Waals surface area (Å²) in [4.78, 5) is 0. The minimum absolute atomic E-state index is 0.247. The predicted octanol–water partition coefficient (Wildman–Crippen LogP) is 3.64. The fourth-order valence-electron chi connectivity index (χ4n) is 1.91. The van der Waals surface area contributed by atoms with Crippen molar-refractivity contribution in [2.45, 2.75) is 25.4 Å². The molecule has 1 aliphatic rings. The van der Waals surface area contributed by atoms with Gasteiger partial charge in [-0.2, -0.15) is 11.8 Å². The maximum Gasteiger partial charge on any atom is 0.124 e. The van der Waals surface area contributed by atoms with Crippen LogP contribution in [0.1, 0.15) is 24.9 Å². The first-order chi connectivity index (χ1) is 7.70. The zero-order chi connectivity index (χ0) is 11.5. The van der Waals surface area contributed by atoms with E-state index in [0.717, 1.165) is 23.5 Å². The second kappa shape index (κ2) is 5.39. The minimum atomic E-state index is -0.274. The van der Waals surface area contributed by atoms with Gasteiger partial charge in [0, 0.05) is 28.6 Å². The number of nitrogens with one attached hydrogen (secondary N) is 1. The van der Waals surface area contributed by atoms with Gasteiger partial charge in [-0.3, -0.25) is 0 Å². The van der Waals surface area contributed by atoms with Gasteiger partial charge >= 0.3 is 0 Å². The number of hydrogen-bond donors (Lipinski definition) is 1. The Morgan fingerprint density at radius 2 is 2.31 bits per heavy atom. The van der Waals surface area contributed by atoms with Crippen LogP contribution in [-0.4, -0.2) is 17.5 Å². The van der Waals surface area contributed by atoms with E-state index < -0.39 is 0 Å². The SMILES string of the molecule is CCC1CSCC(c2ccc(F)cc2Cl)N1. The molecule has 2 rings (SSSR count). The van der Waals surface area contributed by atoms with Gasteiger partial charge in [0.2, 0.25) is 0 Å². The number of thioether (sulfide) groups is 1. The summed E-state index contributed by atoms with van der Waals surface area (Å²) < 4.78 is 12.9. The predicted molar refractivity (Wildman–Crippen MR) is 68.7 cm³/mol. The van der Waals surface area contributed by atoms with E-state index in [4.69, 9.17) is 11.6 Å². The Kier molecular flexibility index (Phi) is 4.11. The summed E-state index contributed by atoms with van der Waals surface area (Å²) in [7, 11) is 0. The van der Waals surface area contributed by atoms with Crippen molar-refractivity contribution in [1.82, 2.24) is 5.32 Å². The molecule has 0 spiro atoms. The van der Waals surface area contributed by atoms with E-state index in [1.165, 1.54) is 12.1 Å². The molecule has 1 saturated heterocycles. The maximum atomic E-state index is 12.9. The highest BCUT2D eigenvalue weighted by Crippen LogP contribution is 2.30. The van der Waals surface area contributed by atoms with Gasteiger partial charge < -0.3 is 5.32 Å². The summed E-state index contributed by atoms with van der Waals surface area (Å²) in [5.41, 5.74) is 1.01. The number of rotatable bonds is 2. The summed E-state index contributed by atoms with van der Waals surface area (Å²) in [5.74, 6) is 1.87. The summed E-state index contributed by atoms with van der Waals surface area (Å²) in [6.45, 7) is 2.17. The standard InChI is InChI=1S/C12H15ClFNS/c1-2-9-6-16-7-12(15-9)10-4-3-8(14)5-11(10)13/h3-5,9,12,15H,2,6-7H2,1H3. The lowest BCUT2D eigenvalue weighted by Crippen LogP contribution is -2.39. The molecule has 1 nitrogen and oxygen atoms in total. The van der Waals surface area contributed by atoms with Crippen molar-refractivity contribution >= 4 is 23.4 Å². The van der Waals surface area contributed by atoms with Gasteiger partial charge in [-0.25, -0.2) is 4.39 Å². The molecule has 1 aromatic rings. The van der Waals surface area contributed by atoms with Crippen molar-refractivity contribution < 1.29 is 4.39 Å². The second-order valence-electron chi connectivity index (χ2n) is 4.03. The van der Waals surface area contributed by atoms with Gasteiger partial charge in [0.25, 0.3) is 0 Å². The highest BCUT2D eigenvalue weighted by Gasteiger charge is 2.23. The monoisotopic (exact) mass is 259 g/mol. The Morgan fingerprint density at radius 3 is 3.00 bits per heavy atom. The van der Waals surface area contributed by atoms with Crippen LogP contribution in [-0.2, 0) is 0 Å². The van der Waals surface area contributed by atoms with Crippen molar-refractivity contribution in [2.75, 3.05) is 11.5 Å². The molecule has 1 aromatic carbocycles. The largest absolute Gasteiger partial charge is 0.306 e. The van der Waals surface area contributed by atoms with Crippen molar-refractivity contribution in [3.05, 3.63) is 34.6 Å². The van der Waals surface area contributed by atoms with E-state index in [-0.39, 0.29) is 11.9 Å². The maximum absolute atomic E-state index is 12.9. The van der Waals surface area contributed by atoms with Crippen LogP contribution in [0.4, 0.5) is 4.39 Å². The Bertz CT molecular complexity index is 372. The van der Waals surface area contributed by atoms with Crippen molar-refractivity contribution in [3.63, 3.8) is 0 Å². The fourth-order valence-corrected chi connectivity index (χ4v) is 3.47. The molecule has 0 aromatic heterocycles. The molecule has 1 fully saturated rings. The topological polar surface area (TPSA) is 12.0 Å². The third-order valence-electron chi connectivity index (χ3n) is 2.87. The average molecular weight is 260 g/mol. The lowest BCUT2D eigenvalue weighted by atomic mass is 10.1. The van der Waals surface area contributed by atoms with Crippen LogP contribution in [0.5, 0.6) is 0 Å². The molecule has 0 bridgehead atoms. The third kappa shape index (κ3) is 2.70. The van der Waals surface area contributed by atoms with E-state index >= 15 is 0 Å². The fraction of sp³-hybridized carbons (Fsp3) is 0.500. The highest BCUT2D eigenvalue weighted by atomic mass is 35.5. The van der Waals surface area contributed by atoms with E-state index in [1.807, 2.05) is 11.8 Å². The molecule has 4 heteroatoms. The van der Waals surface area contributed by atoms with E-state index in [9.17, 15) is 4.39 Å². The molecule has 1 aliphatic heterocycles. The zero-order valence-corrected chi connectivity index (χ0v) is 10.7. The molecule has 16 heavy (non-hydrogen) atoms. The Morgan fingerprint density at radius 1 is 1.50 bits per heavy atom. The van der Waals surface area contributed by atoms with Crippen LogP contribution in [0.3, 0.4) is 0 Å². The summed E-state index contributed by atoms with van der Waals surface area (Å²) in [6.07, 6.45) is 1.11.